The van der Waals surface area contributed by atoms with Gasteiger partial charge in [0, 0.05) is 31.9 Å². The average Bonchev–Trinajstić information content (AvgIpc) is 2.64. The first-order valence-electron chi connectivity index (χ1n) is 8.45. The van der Waals surface area contributed by atoms with Crippen molar-refractivity contribution in [1.82, 2.24) is 4.90 Å². The molecule has 4 nitrogen and oxygen atoms in total. The molecule has 0 N–H and O–H groups in total. The summed E-state index contributed by atoms with van der Waals surface area (Å²) >= 11 is 0. The Morgan fingerprint density at radius 3 is 2.21 bits per heavy atom. The molecule has 1 heterocycles. The van der Waals surface area contributed by atoms with Crippen molar-refractivity contribution in [3.63, 3.8) is 0 Å². The Morgan fingerprint density at radius 1 is 0.958 bits per heavy atom. The van der Waals surface area contributed by atoms with Crippen LogP contribution in [-0.4, -0.2) is 43.1 Å². The van der Waals surface area contributed by atoms with E-state index in [4.69, 9.17) is 4.74 Å². The van der Waals surface area contributed by atoms with Crippen LogP contribution in [0.3, 0.4) is 0 Å². The maximum absolute atomic E-state index is 12.6. The second-order valence-electron chi connectivity index (χ2n) is 6.22. The predicted octanol–water partition coefficient (Wildman–Crippen LogP) is 3.11. The maximum Gasteiger partial charge on any atom is 0.263 e. The van der Waals surface area contributed by atoms with Crippen molar-refractivity contribution in [1.29, 1.82) is 0 Å². The van der Waals surface area contributed by atoms with Gasteiger partial charge in [0.1, 0.15) is 5.75 Å². The van der Waals surface area contributed by atoms with Crippen molar-refractivity contribution < 1.29 is 9.53 Å². The Morgan fingerprint density at radius 2 is 1.58 bits per heavy atom. The number of para-hydroxylation sites is 1. The zero-order chi connectivity index (χ0) is 16.9. The molecule has 1 aliphatic heterocycles. The molecule has 1 amide bonds. The highest BCUT2D eigenvalue weighted by atomic mass is 16.5. The van der Waals surface area contributed by atoms with E-state index in [0.717, 1.165) is 31.9 Å². The second kappa shape index (κ2) is 7.39. The lowest BCUT2D eigenvalue weighted by atomic mass is 10.2. The number of hydrogen-bond acceptors (Lipinski definition) is 3. The highest BCUT2D eigenvalue weighted by Gasteiger charge is 2.26. The van der Waals surface area contributed by atoms with Gasteiger partial charge >= 0.3 is 0 Å². The number of ether oxygens (including phenoxy) is 1. The highest BCUT2D eigenvalue weighted by Crippen LogP contribution is 2.17. The topological polar surface area (TPSA) is 32.8 Å². The van der Waals surface area contributed by atoms with Gasteiger partial charge in [-0.05, 0) is 38.1 Å². The minimum atomic E-state index is -0.462. The minimum Gasteiger partial charge on any atom is -0.481 e. The van der Waals surface area contributed by atoms with E-state index in [2.05, 4.69) is 17.0 Å². The van der Waals surface area contributed by atoms with Gasteiger partial charge in [-0.15, -0.1) is 0 Å². The second-order valence-corrected chi connectivity index (χ2v) is 6.22. The van der Waals surface area contributed by atoms with Crippen LogP contribution in [0.25, 0.3) is 0 Å². The third-order valence-corrected chi connectivity index (χ3v) is 4.39. The fourth-order valence-electron chi connectivity index (χ4n) is 2.95. The van der Waals surface area contributed by atoms with E-state index in [0.29, 0.717) is 0 Å². The third kappa shape index (κ3) is 3.88. The lowest BCUT2D eigenvalue weighted by Crippen LogP contribution is -2.52. The SMILES string of the molecule is Cc1ccc(OC(C)C(=O)N2CCN(c3ccccc3)CC2)cc1. The molecule has 1 aliphatic rings. The number of carbonyl (C=O) groups excluding carboxylic acids is 1. The molecule has 1 saturated heterocycles. The van der Waals surface area contributed by atoms with Crippen molar-refractivity contribution in [3.05, 3.63) is 60.2 Å². The molecule has 24 heavy (non-hydrogen) atoms. The van der Waals surface area contributed by atoms with Crippen molar-refractivity contribution in [2.24, 2.45) is 0 Å². The molecule has 2 aromatic carbocycles. The van der Waals surface area contributed by atoms with E-state index < -0.39 is 6.10 Å². The molecule has 0 radical (unpaired) electrons. The third-order valence-electron chi connectivity index (χ3n) is 4.39. The van der Waals surface area contributed by atoms with E-state index in [1.807, 2.05) is 61.2 Å². The average molecular weight is 324 g/mol. The fourth-order valence-corrected chi connectivity index (χ4v) is 2.95. The largest absolute Gasteiger partial charge is 0.481 e. The first-order chi connectivity index (χ1) is 11.6. The Hall–Kier alpha value is -2.49. The molecule has 126 valence electrons. The molecule has 1 atom stereocenters. The van der Waals surface area contributed by atoms with Crippen molar-refractivity contribution in [2.45, 2.75) is 20.0 Å². The van der Waals surface area contributed by atoms with Crippen LogP contribution in [0.15, 0.2) is 54.6 Å². The number of rotatable bonds is 4. The fraction of sp³-hybridized carbons (Fsp3) is 0.350. The minimum absolute atomic E-state index is 0.0586. The van der Waals surface area contributed by atoms with Gasteiger partial charge in [0.15, 0.2) is 6.10 Å². The van der Waals surface area contributed by atoms with E-state index in [1.165, 1.54) is 11.3 Å². The van der Waals surface area contributed by atoms with Gasteiger partial charge in [0.25, 0.3) is 5.91 Å². The first kappa shape index (κ1) is 16.4. The smallest absolute Gasteiger partial charge is 0.263 e. The number of nitrogens with zero attached hydrogens (tertiary/aromatic N) is 2. The molecule has 0 saturated carbocycles. The van der Waals surface area contributed by atoms with Gasteiger partial charge in [0.2, 0.25) is 0 Å². The summed E-state index contributed by atoms with van der Waals surface area (Å²) in [5.41, 5.74) is 2.40. The molecular weight excluding hydrogens is 300 g/mol. The van der Waals surface area contributed by atoms with Crippen molar-refractivity contribution in [3.8, 4) is 5.75 Å². The zero-order valence-electron chi connectivity index (χ0n) is 14.3. The van der Waals surface area contributed by atoms with Crippen molar-refractivity contribution >= 4 is 11.6 Å². The molecule has 1 unspecified atom stereocenters. The zero-order valence-corrected chi connectivity index (χ0v) is 14.3. The number of aryl methyl sites for hydroxylation is 1. The predicted molar refractivity (Wildman–Crippen MR) is 96.5 cm³/mol. The monoisotopic (exact) mass is 324 g/mol. The summed E-state index contributed by atoms with van der Waals surface area (Å²) in [7, 11) is 0. The number of benzene rings is 2. The lowest BCUT2D eigenvalue weighted by molar-refractivity contribution is -0.138. The molecular formula is C20H24N2O2. The van der Waals surface area contributed by atoms with Crippen LogP contribution in [0, 0.1) is 6.92 Å². The summed E-state index contributed by atoms with van der Waals surface area (Å²) in [6.45, 7) is 7.03. The van der Waals surface area contributed by atoms with E-state index in [9.17, 15) is 4.79 Å². The summed E-state index contributed by atoms with van der Waals surface area (Å²) < 4.78 is 5.79. The van der Waals surface area contributed by atoms with Crippen LogP contribution in [0.4, 0.5) is 5.69 Å². The van der Waals surface area contributed by atoms with Crippen LogP contribution in [0.2, 0.25) is 0 Å². The number of amides is 1. The Balaban J connectivity index is 1.53. The molecule has 4 heteroatoms. The Bertz CT molecular complexity index is 662. The normalized spacial score (nSPS) is 15.9. The summed E-state index contributed by atoms with van der Waals surface area (Å²) in [5, 5.41) is 0. The van der Waals surface area contributed by atoms with Crippen LogP contribution in [-0.2, 0) is 4.79 Å². The van der Waals surface area contributed by atoms with Gasteiger partial charge in [-0.3, -0.25) is 4.79 Å². The standard InChI is InChI=1S/C20H24N2O2/c1-16-8-10-19(11-9-16)24-17(2)20(23)22-14-12-21(13-15-22)18-6-4-3-5-7-18/h3-11,17H,12-15H2,1-2H3. The summed E-state index contributed by atoms with van der Waals surface area (Å²) in [6, 6.07) is 18.1. The van der Waals surface area contributed by atoms with Gasteiger partial charge < -0.3 is 14.5 Å². The molecule has 0 bridgehead atoms. The molecule has 1 fully saturated rings. The molecule has 2 aromatic rings. The summed E-state index contributed by atoms with van der Waals surface area (Å²) in [6.07, 6.45) is -0.462. The van der Waals surface area contributed by atoms with Crippen LogP contribution in [0.1, 0.15) is 12.5 Å². The van der Waals surface area contributed by atoms with Crippen LogP contribution in [0.5, 0.6) is 5.75 Å². The van der Waals surface area contributed by atoms with E-state index >= 15 is 0 Å². The van der Waals surface area contributed by atoms with Crippen LogP contribution < -0.4 is 9.64 Å². The number of anilines is 1. The molecule has 0 spiro atoms. The van der Waals surface area contributed by atoms with Crippen LogP contribution >= 0.6 is 0 Å². The van der Waals surface area contributed by atoms with E-state index in [1.54, 1.807) is 0 Å². The van der Waals surface area contributed by atoms with Gasteiger partial charge in [-0.2, -0.15) is 0 Å². The molecule has 3 rings (SSSR count). The summed E-state index contributed by atoms with van der Waals surface area (Å²) in [4.78, 5) is 16.8. The Kier molecular flexibility index (Phi) is 5.04. The van der Waals surface area contributed by atoms with Gasteiger partial charge in [-0.1, -0.05) is 35.9 Å². The van der Waals surface area contributed by atoms with Gasteiger partial charge in [0.05, 0.1) is 0 Å². The Labute approximate surface area is 143 Å². The molecule has 0 aliphatic carbocycles. The molecule has 0 aromatic heterocycles. The maximum atomic E-state index is 12.6. The number of carbonyl (C=O) groups is 1. The summed E-state index contributed by atoms with van der Waals surface area (Å²) in [5.74, 6) is 0.799. The quantitative estimate of drug-likeness (QED) is 0.866. The highest BCUT2D eigenvalue weighted by molar-refractivity contribution is 5.81. The lowest BCUT2D eigenvalue weighted by Gasteiger charge is -2.37. The number of piperazine rings is 1. The number of hydrogen-bond donors (Lipinski definition) is 0. The van der Waals surface area contributed by atoms with Crippen molar-refractivity contribution in [2.75, 3.05) is 31.1 Å². The van der Waals surface area contributed by atoms with Gasteiger partial charge in [-0.25, -0.2) is 0 Å². The van der Waals surface area contributed by atoms with E-state index in [-0.39, 0.29) is 5.91 Å². The first-order valence-corrected chi connectivity index (χ1v) is 8.45.